The van der Waals surface area contributed by atoms with Crippen LogP contribution in [0.3, 0.4) is 0 Å². The Hall–Kier alpha value is -0.890. The summed E-state index contributed by atoms with van der Waals surface area (Å²) >= 11 is 0. The lowest BCUT2D eigenvalue weighted by atomic mass is 9.92. The van der Waals surface area contributed by atoms with Gasteiger partial charge >= 0.3 is 0 Å². The van der Waals surface area contributed by atoms with Gasteiger partial charge in [0.25, 0.3) is 0 Å². The number of carbonyl (C=O) groups excluding carboxylic acids is 1. The smallest absolute Gasteiger partial charge is 0.217 e. The molecule has 152 valence electrons. The van der Waals surface area contributed by atoms with Crippen molar-refractivity contribution in [2.75, 3.05) is 13.2 Å². The molecule has 11 nitrogen and oxygen atoms in total. The van der Waals surface area contributed by atoms with Crippen LogP contribution in [0.5, 0.6) is 0 Å². The zero-order chi connectivity index (χ0) is 19.6. The topological polar surface area (TPSA) is 178 Å². The summed E-state index contributed by atoms with van der Waals surface area (Å²) in [5, 5.41) is 61.5. The van der Waals surface area contributed by atoms with Gasteiger partial charge in [0.15, 0.2) is 6.29 Å². The monoisotopic (exact) mass is 381 g/mol. The maximum atomic E-state index is 11.3. The summed E-state index contributed by atoms with van der Waals surface area (Å²) in [7, 11) is 0. The zero-order valence-corrected chi connectivity index (χ0v) is 14.5. The highest BCUT2D eigenvalue weighted by atomic mass is 16.7. The maximum Gasteiger partial charge on any atom is 0.217 e. The molecule has 1 amide bonds. The Bertz CT molecular complexity index is 477. The van der Waals surface area contributed by atoms with Gasteiger partial charge in [0.05, 0.1) is 25.4 Å². The third-order valence-electron chi connectivity index (χ3n) is 4.66. The number of amides is 1. The molecule has 2 aliphatic rings. The van der Waals surface area contributed by atoms with E-state index in [9.17, 15) is 35.4 Å². The standard InChI is InChI=1S/C15H27NO10/c1-5-9(16-6(2)19)11(21)14(8(4-18)24-5)26-15-13(23)12(22)10(20)7(3-17)25-15/h5,7-15,17-18,20-23H,3-4H2,1-2H3,(H,16,19)/t5-,7?,8?,9?,10-,11-,12+,13?,14+,15-/m1/s1. The molecule has 0 aromatic rings. The van der Waals surface area contributed by atoms with Crippen molar-refractivity contribution in [2.24, 2.45) is 0 Å². The van der Waals surface area contributed by atoms with Gasteiger partial charge in [0.1, 0.15) is 42.7 Å². The van der Waals surface area contributed by atoms with Gasteiger partial charge in [0.2, 0.25) is 5.91 Å². The van der Waals surface area contributed by atoms with Crippen LogP contribution in [0.25, 0.3) is 0 Å². The molecular formula is C15H27NO10. The SMILES string of the molecule is CC(=O)NC1[C@@H](O)[C@@H](O[C@H]2OC(CO)[C@@H](O)[C@H](O)C2O)C(CO)O[C@@H]1C. The summed E-state index contributed by atoms with van der Waals surface area (Å²) in [5.41, 5.74) is 0. The molecule has 0 aromatic heterocycles. The lowest BCUT2D eigenvalue weighted by molar-refractivity contribution is -0.335. The highest BCUT2D eigenvalue weighted by Crippen LogP contribution is 2.29. The molecule has 0 saturated carbocycles. The van der Waals surface area contributed by atoms with Crippen LogP contribution >= 0.6 is 0 Å². The number of aliphatic hydroxyl groups is 6. The molecule has 0 radical (unpaired) electrons. The minimum Gasteiger partial charge on any atom is -0.394 e. The van der Waals surface area contributed by atoms with E-state index in [0.717, 1.165) is 0 Å². The van der Waals surface area contributed by atoms with E-state index in [-0.39, 0.29) is 0 Å². The number of carbonyl (C=O) groups is 1. The molecular weight excluding hydrogens is 354 g/mol. The molecule has 0 spiro atoms. The van der Waals surface area contributed by atoms with Crippen molar-refractivity contribution in [3.8, 4) is 0 Å². The number of nitrogens with one attached hydrogen (secondary N) is 1. The minimum atomic E-state index is -1.67. The first-order valence-corrected chi connectivity index (χ1v) is 8.38. The number of rotatable bonds is 5. The molecule has 26 heavy (non-hydrogen) atoms. The quantitative estimate of drug-likeness (QED) is 0.247. The van der Waals surface area contributed by atoms with Crippen LogP contribution in [-0.4, -0.2) is 111 Å². The molecule has 2 fully saturated rings. The number of aliphatic hydroxyl groups excluding tert-OH is 6. The molecule has 0 bridgehead atoms. The Morgan fingerprint density at radius 1 is 0.962 bits per heavy atom. The Balaban J connectivity index is 2.16. The van der Waals surface area contributed by atoms with Crippen LogP contribution in [0.1, 0.15) is 13.8 Å². The minimum absolute atomic E-state index is 0.404. The summed E-state index contributed by atoms with van der Waals surface area (Å²) in [4.78, 5) is 11.3. The van der Waals surface area contributed by atoms with E-state index in [1.165, 1.54) is 6.92 Å². The number of ether oxygens (including phenoxy) is 3. The lowest BCUT2D eigenvalue weighted by Crippen LogP contribution is -2.66. The van der Waals surface area contributed by atoms with Crippen molar-refractivity contribution in [1.29, 1.82) is 0 Å². The summed E-state index contributed by atoms with van der Waals surface area (Å²) < 4.78 is 16.3. The molecule has 2 aliphatic heterocycles. The highest BCUT2D eigenvalue weighted by Gasteiger charge is 2.50. The fourth-order valence-corrected chi connectivity index (χ4v) is 3.23. The van der Waals surface area contributed by atoms with Gasteiger partial charge in [-0.05, 0) is 6.92 Å². The van der Waals surface area contributed by atoms with Crippen molar-refractivity contribution in [3.05, 3.63) is 0 Å². The average Bonchev–Trinajstić information content (AvgIpc) is 2.60. The summed E-state index contributed by atoms with van der Waals surface area (Å²) in [5.74, 6) is -0.404. The lowest BCUT2D eigenvalue weighted by Gasteiger charge is -2.46. The molecule has 11 heteroatoms. The van der Waals surface area contributed by atoms with Crippen molar-refractivity contribution >= 4 is 5.91 Å². The molecule has 2 rings (SSSR count). The van der Waals surface area contributed by atoms with Gasteiger partial charge in [0, 0.05) is 6.92 Å². The highest BCUT2D eigenvalue weighted by molar-refractivity contribution is 5.73. The number of hydrogen-bond acceptors (Lipinski definition) is 10. The Morgan fingerprint density at radius 3 is 2.12 bits per heavy atom. The average molecular weight is 381 g/mol. The Kier molecular flexibility index (Phi) is 7.30. The van der Waals surface area contributed by atoms with Gasteiger partial charge in [-0.15, -0.1) is 0 Å². The van der Waals surface area contributed by atoms with E-state index >= 15 is 0 Å². The van der Waals surface area contributed by atoms with Crippen LogP contribution in [0.4, 0.5) is 0 Å². The third-order valence-corrected chi connectivity index (χ3v) is 4.66. The van der Waals surface area contributed by atoms with Crippen molar-refractivity contribution < 1.29 is 49.6 Å². The van der Waals surface area contributed by atoms with Crippen LogP contribution < -0.4 is 5.32 Å². The zero-order valence-electron chi connectivity index (χ0n) is 14.5. The van der Waals surface area contributed by atoms with Gasteiger partial charge in [-0.2, -0.15) is 0 Å². The molecule has 4 unspecified atom stereocenters. The fraction of sp³-hybridized carbons (Fsp3) is 0.933. The fourth-order valence-electron chi connectivity index (χ4n) is 3.23. The molecule has 0 aliphatic carbocycles. The number of hydrogen-bond donors (Lipinski definition) is 7. The molecule has 2 heterocycles. The van der Waals surface area contributed by atoms with E-state index in [1.807, 2.05) is 0 Å². The second-order valence-electron chi connectivity index (χ2n) is 6.58. The first-order valence-electron chi connectivity index (χ1n) is 8.38. The van der Waals surface area contributed by atoms with E-state index in [1.54, 1.807) is 6.92 Å². The van der Waals surface area contributed by atoms with Crippen LogP contribution in [0.2, 0.25) is 0 Å². The first kappa shape index (κ1) is 21.4. The molecule has 10 atom stereocenters. The second-order valence-corrected chi connectivity index (χ2v) is 6.58. The first-order chi connectivity index (χ1) is 12.2. The normalized spacial score (nSPS) is 46.8. The summed E-state index contributed by atoms with van der Waals surface area (Å²) in [6.45, 7) is 1.72. The van der Waals surface area contributed by atoms with E-state index in [0.29, 0.717) is 0 Å². The van der Waals surface area contributed by atoms with E-state index in [2.05, 4.69) is 5.32 Å². The molecule has 0 aromatic carbocycles. The van der Waals surface area contributed by atoms with Crippen molar-refractivity contribution in [3.63, 3.8) is 0 Å². The van der Waals surface area contributed by atoms with Gasteiger partial charge < -0.3 is 50.2 Å². The predicted octanol–water partition coefficient (Wildman–Crippen LogP) is -4.18. The van der Waals surface area contributed by atoms with Crippen LogP contribution in [-0.2, 0) is 19.0 Å². The Labute approximate surface area is 150 Å². The Morgan fingerprint density at radius 2 is 1.58 bits per heavy atom. The van der Waals surface area contributed by atoms with Gasteiger partial charge in [-0.25, -0.2) is 0 Å². The third kappa shape index (κ3) is 4.32. The molecule has 7 N–H and O–H groups in total. The van der Waals surface area contributed by atoms with Crippen LogP contribution in [0.15, 0.2) is 0 Å². The van der Waals surface area contributed by atoms with E-state index < -0.39 is 80.3 Å². The maximum absolute atomic E-state index is 11.3. The van der Waals surface area contributed by atoms with Gasteiger partial charge in [-0.3, -0.25) is 4.79 Å². The van der Waals surface area contributed by atoms with E-state index in [4.69, 9.17) is 14.2 Å². The molecule has 2 saturated heterocycles. The van der Waals surface area contributed by atoms with Crippen LogP contribution in [0, 0.1) is 0 Å². The second kappa shape index (κ2) is 8.87. The van der Waals surface area contributed by atoms with Crippen molar-refractivity contribution in [2.45, 2.75) is 75.0 Å². The summed E-state index contributed by atoms with van der Waals surface area (Å²) in [6, 6.07) is -0.842. The predicted molar refractivity (Wildman–Crippen MR) is 83.7 cm³/mol. The summed E-state index contributed by atoms with van der Waals surface area (Å²) in [6.07, 6.45) is -11.7. The van der Waals surface area contributed by atoms with Crippen molar-refractivity contribution in [1.82, 2.24) is 5.32 Å². The largest absolute Gasteiger partial charge is 0.394 e. The van der Waals surface area contributed by atoms with Gasteiger partial charge in [-0.1, -0.05) is 0 Å².